The predicted molar refractivity (Wildman–Crippen MR) is 72.1 cm³/mol. The maximum absolute atomic E-state index is 13.9. The molecule has 0 spiro atoms. The van der Waals surface area contributed by atoms with Crippen LogP contribution in [-0.2, 0) is 13.5 Å². The highest BCUT2D eigenvalue weighted by Crippen LogP contribution is 2.21. The van der Waals surface area contributed by atoms with Crippen LogP contribution >= 0.6 is 0 Å². The van der Waals surface area contributed by atoms with Crippen LogP contribution in [0.4, 0.5) is 8.78 Å². The van der Waals surface area contributed by atoms with Crippen LogP contribution in [0, 0.1) is 11.6 Å². The van der Waals surface area contributed by atoms with E-state index in [2.05, 4.69) is 15.6 Å². The Morgan fingerprint density at radius 2 is 2.15 bits per heavy atom. The third-order valence-corrected chi connectivity index (χ3v) is 3.04. The largest absolute Gasteiger partial charge is 0.310 e. The molecule has 0 aliphatic carbocycles. The summed E-state index contributed by atoms with van der Waals surface area (Å²) in [6, 6.07) is 3.42. The zero-order chi connectivity index (χ0) is 14.5. The van der Waals surface area contributed by atoms with Gasteiger partial charge in [-0.1, -0.05) is 18.2 Å². The maximum Gasteiger partial charge on any atom is 0.130 e. The summed E-state index contributed by atoms with van der Waals surface area (Å²) in [4.78, 5) is 0. The minimum absolute atomic E-state index is 0.243. The van der Waals surface area contributed by atoms with Crippen molar-refractivity contribution in [2.24, 2.45) is 7.05 Å². The van der Waals surface area contributed by atoms with E-state index in [9.17, 15) is 8.78 Å². The summed E-state index contributed by atoms with van der Waals surface area (Å²) in [5.74, 6) is -1.11. The van der Waals surface area contributed by atoms with Gasteiger partial charge in [0, 0.05) is 37.3 Å². The van der Waals surface area contributed by atoms with Crippen molar-refractivity contribution in [2.45, 2.75) is 25.8 Å². The zero-order valence-electron chi connectivity index (χ0n) is 11.6. The van der Waals surface area contributed by atoms with Gasteiger partial charge in [-0.25, -0.2) is 8.78 Å². The lowest BCUT2D eigenvalue weighted by Gasteiger charge is -2.18. The highest BCUT2D eigenvalue weighted by molar-refractivity contribution is 5.23. The molecule has 1 unspecified atom stereocenters. The summed E-state index contributed by atoms with van der Waals surface area (Å²) in [7, 11) is 1.78. The third kappa shape index (κ3) is 3.60. The number of hydrogen-bond donors (Lipinski definition) is 1. The lowest BCUT2D eigenvalue weighted by molar-refractivity contribution is 0.487. The fourth-order valence-electron chi connectivity index (χ4n) is 2.09. The van der Waals surface area contributed by atoms with Gasteiger partial charge in [0.2, 0.25) is 0 Å². The molecular formula is C14H18F2N4. The minimum atomic E-state index is -0.569. The Labute approximate surface area is 116 Å². The number of rotatable bonds is 6. The first-order chi connectivity index (χ1) is 9.60. The Balaban J connectivity index is 2.22. The lowest BCUT2D eigenvalue weighted by Crippen LogP contribution is -2.25. The molecule has 108 valence electrons. The summed E-state index contributed by atoms with van der Waals surface area (Å²) < 4.78 is 28.5. The van der Waals surface area contributed by atoms with Crippen molar-refractivity contribution in [1.29, 1.82) is 0 Å². The second-order valence-electron chi connectivity index (χ2n) is 4.76. The van der Waals surface area contributed by atoms with Gasteiger partial charge in [0.15, 0.2) is 0 Å². The summed E-state index contributed by atoms with van der Waals surface area (Å²) >= 11 is 0. The molecular weight excluding hydrogens is 262 g/mol. The second-order valence-corrected chi connectivity index (χ2v) is 4.76. The van der Waals surface area contributed by atoms with E-state index in [1.54, 1.807) is 17.9 Å². The van der Waals surface area contributed by atoms with Crippen molar-refractivity contribution in [3.05, 3.63) is 47.3 Å². The van der Waals surface area contributed by atoms with Crippen LogP contribution in [0.1, 0.15) is 30.6 Å². The summed E-state index contributed by atoms with van der Waals surface area (Å²) in [6.45, 7) is 2.79. The van der Waals surface area contributed by atoms with Crippen LogP contribution in [0.15, 0.2) is 24.4 Å². The molecule has 0 bridgehead atoms. The monoisotopic (exact) mass is 280 g/mol. The van der Waals surface area contributed by atoms with Crippen LogP contribution in [0.3, 0.4) is 0 Å². The Kier molecular flexibility index (Phi) is 4.79. The Morgan fingerprint density at radius 1 is 1.35 bits per heavy atom. The van der Waals surface area contributed by atoms with Crippen molar-refractivity contribution in [3.63, 3.8) is 0 Å². The van der Waals surface area contributed by atoms with Crippen LogP contribution in [0.25, 0.3) is 0 Å². The molecule has 0 fully saturated rings. The number of nitrogens with zero attached hydrogens (tertiary/aromatic N) is 3. The van der Waals surface area contributed by atoms with Gasteiger partial charge in [-0.05, 0) is 19.0 Å². The number of aryl methyl sites for hydroxylation is 1. The SMILES string of the molecule is CCCNC(Cc1cn(C)nn1)c1ccc(F)cc1F. The summed E-state index contributed by atoms with van der Waals surface area (Å²) in [6.07, 6.45) is 3.23. The Bertz CT molecular complexity index is 568. The summed E-state index contributed by atoms with van der Waals surface area (Å²) in [5, 5.41) is 11.1. The van der Waals surface area contributed by atoms with Crippen molar-refractivity contribution in [1.82, 2.24) is 20.3 Å². The van der Waals surface area contributed by atoms with E-state index in [1.807, 2.05) is 6.92 Å². The molecule has 0 radical (unpaired) electrons. The topological polar surface area (TPSA) is 42.7 Å². The van der Waals surface area contributed by atoms with Gasteiger partial charge >= 0.3 is 0 Å². The van der Waals surface area contributed by atoms with Crippen molar-refractivity contribution in [3.8, 4) is 0 Å². The molecule has 0 amide bonds. The smallest absolute Gasteiger partial charge is 0.130 e. The van der Waals surface area contributed by atoms with E-state index in [4.69, 9.17) is 0 Å². The van der Waals surface area contributed by atoms with Gasteiger partial charge in [0.05, 0.1) is 5.69 Å². The van der Waals surface area contributed by atoms with Gasteiger partial charge in [0.25, 0.3) is 0 Å². The number of benzene rings is 1. The molecule has 20 heavy (non-hydrogen) atoms. The van der Waals surface area contributed by atoms with Gasteiger partial charge in [-0.15, -0.1) is 5.10 Å². The standard InChI is InChI=1S/C14H18F2N4/c1-3-6-17-14(8-11-9-20(2)19-18-11)12-5-4-10(15)7-13(12)16/h4-5,7,9,14,17H,3,6,8H2,1-2H3. The van der Waals surface area contributed by atoms with Crippen molar-refractivity contribution < 1.29 is 8.78 Å². The Morgan fingerprint density at radius 3 is 2.75 bits per heavy atom. The number of nitrogens with one attached hydrogen (secondary N) is 1. The Hall–Kier alpha value is -1.82. The molecule has 2 aromatic rings. The molecule has 0 aliphatic rings. The number of halogens is 2. The van der Waals surface area contributed by atoms with Gasteiger partial charge in [0.1, 0.15) is 11.6 Å². The van der Waals surface area contributed by atoms with Gasteiger partial charge < -0.3 is 5.32 Å². The molecule has 1 atom stereocenters. The van der Waals surface area contributed by atoms with Crippen LogP contribution in [0.5, 0.6) is 0 Å². The van der Waals surface area contributed by atoms with Crippen LogP contribution in [-0.4, -0.2) is 21.5 Å². The summed E-state index contributed by atoms with van der Waals surface area (Å²) in [5.41, 5.74) is 1.22. The number of hydrogen-bond acceptors (Lipinski definition) is 3. The van der Waals surface area contributed by atoms with E-state index < -0.39 is 11.6 Å². The molecule has 1 aromatic carbocycles. The van der Waals surface area contributed by atoms with E-state index in [0.29, 0.717) is 12.0 Å². The zero-order valence-corrected chi connectivity index (χ0v) is 11.6. The fraction of sp³-hybridized carbons (Fsp3) is 0.429. The van der Waals surface area contributed by atoms with E-state index in [-0.39, 0.29) is 6.04 Å². The average Bonchev–Trinajstić information content (AvgIpc) is 2.80. The molecule has 2 rings (SSSR count). The quantitative estimate of drug-likeness (QED) is 0.883. The molecule has 6 heteroatoms. The molecule has 0 saturated heterocycles. The van der Waals surface area contributed by atoms with Crippen molar-refractivity contribution in [2.75, 3.05) is 6.54 Å². The van der Waals surface area contributed by atoms with Crippen LogP contribution < -0.4 is 5.32 Å². The van der Waals surface area contributed by atoms with E-state index in [1.165, 1.54) is 12.1 Å². The first-order valence-electron chi connectivity index (χ1n) is 6.63. The minimum Gasteiger partial charge on any atom is -0.310 e. The molecule has 0 aliphatic heterocycles. The highest BCUT2D eigenvalue weighted by atomic mass is 19.1. The first-order valence-corrected chi connectivity index (χ1v) is 6.63. The van der Waals surface area contributed by atoms with E-state index >= 15 is 0 Å². The molecule has 0 saturated carbocycles. The normalized spacial score (nSPS) is 12.6. The average molecular weight is 280 g/mol. The van der Waals surface area contributed by atoms with Gasteiger partial charge in [-0.2, -0.15) is 0 Å². The molecule has 1 aromatic heterocycles. The lowest BCUT2D eigenvalue weighted by atomic mass is 10.0. The van der Waals surface area contributed by atoms with Gasteiger partial charge in [-0.3, -0.25) is 4.68 Å². The predicted octanol–water partition coefficient (Wildman–Crippen LogP) is 2.38. The first kappa shape index (κ1) is 14.6. The highest BCUT2D eigenvalue weighted by Gasteiger charge is 2.17. The number of aromatic nitrogens is 3. The maximum atomic E-state index is 13.9. The fourth-order valence-corrected chi connectivity index (χ4v) is 2.09. The molecule has 4 nitrogen and oxygen atoms in total. The molecule has 1 heterocycles. The van der Waals surface area contributed by atoms with Crippen LogP contribution in [0.2, 0.25) is 0 Å². The molecule has 1 N–H and O–H groups in total. The second kappa shape index (κ2) is 6.56. The van der Waals surface area contributed by atoms with E-state index in [0.717, 1.165) is 24.7 Å². The third-order valence-electron chi connectivity index (χ3n) is 3.04. The van der Waals surface area contributed by atoms with Crippen molar-refractivity contribution >= 4 is 0 Å².